The lowest BCUT2D eigenvalue weighted by atomic mass is 10.2. The van der Waals surface area contributed by atoms with Crippen LogP contribution in [0.5, 0.6) is 0 Å². The molecule has 0 radical (unpaired) electrons. The Balaban J connectivity index is 2.38. The molecule has 0 saturated heterocycles. The van der Waals surface area contributed by atoms with Crippen LogP contribution in [0.4, 0.5) is 0 Å². The quantitative estimate of drug-likeness (QED) is 0.861. The Morgan fingerprint density at radius 1 is 1.39 bits per heavy atom. The Kier molecular flexibility index (Phi) is 4.07. The van der Waals surface area contributed by atoms with Crippen LogP contribution in [0, 0.1) is 0 Å². The van der Waals surface area contributed by atoms with Gasteiger partial charge >= 0.3 is 5.97 Å². The standard InChI is InChI=1S/C13H13NO3S/c1-2-17-13(16)11-10(8-15)14-12(18-11)9-6-4-3-5-7-9/h3-7,15H,2,8H2,1H3. The van der Waals surface area contributed by atoms with Crippen LogP contribution in [0.25, 0.3) is 10.6 Å². The van der Waals surface area contributed by atoms with Crippen LogP contribution >= 0.6 is 11.3 Å². The average Bonchev–Trinajstić information content (AvgIpc) is 2.84. The molecule has 0 bridgehead atoms. The molecular formula is C13H13NO3S. The molecule has 0 amide bonds. The van der Waals surface area contributed by atoms with Crippen molar-refractivity contribution in [1.29, 1.82) is 0 Å². The van der Waals surface area contributed by atoms with E-state index >= 15 is 0 Å². The minimum absolute atomic E-state index is 0.266. The number of aliphatic hydroxyl groups excluding tert-OH is 1. The van der Waals surface area contributed by atoms with Crippen LogP contribution in [0.2, 0.25) is 0 Å². The Morgan fingerprint density at radius 2 is 2.11 bits per heavy atom. The van der Waals surface area contributed by atoms with E-state index in [1.165, 1.54) is 11.3 Å². The zero-order valence-electron chi connectivity index (χ0n) is 9.92. The Morgan fingerprint density at radius 3 is 2.72 bits per heavy atom. The molecule has 0 saturated carbocycles. The van der Waals surface area contributed by atoms with E-state index in [0.29, 0.717) is 22.2 Å². The largest absolute Gasteiger partial charge is 0.462 e. The number of rotatable bonds is 4. The maximum Gasteiger partial charge on any atom is 0.350 e. The lowest BCUT2D eigenvalue weighted by Gasteiger charge is -1.98. The van der Waals surface area contributed by atoms with Gasteiger partial charge in [0.05, 0.1) is 18.9 Å². The maximum atomic E-state index is 11.7. The van der Waals surface area contributed by atoms with Gasteiger partial charge in [-0.25, -0.2) is 9.78 Å². The molecule has 1 aromatic heterocycles. The summed E-state index contributed by atoms with van der Waals surface area (Å²) in [5, 5.41) is 9.94. The third kappa shape index (κ3) is 2.57. The highest BCUT2D eigenvalue weighted by molar-refractivity contribution is 7.17. The molecule has 0 fully saturated rings. The monoisotopic (exact) mass is 263 g/mol. The Labute approximate surface area is 109 Å². The summed E-state index contributed by atoms with van der Waals surface area (Å²) in [4.78, 5) is 16.3. The lowest BCUT2D eigenvalue weighted by Crippen LogP contribution is -2.05. The van der Waals surface area contributed by atoms with Crippen LogP contribution in [-0.4, -0.2) is 22.7 Å². The second-order valence-electron chi connectivity index (χ2n) is 3.54. The highest BCUT2D eigenvalue weighted by atomic mass is 32.1. The van der Waals surface area contributed by atoms with E-state index in [0.717, 1.165) is 5.56 Å². The number of esters is 1. The molecule has 0 aliphatic carbocycles. The van der Waals surface area contributed by atoms with Crippen LogP contribution in [-0.2, 0) is 11.3 Å². The molecule has 1 N–H and O–H groups in total. The summed E-state index contributed by atoms with van der Waals surface area (Å²) in [6.07, 6.45) is 0. The van der Waals surface area contributed by atoms with Crippen molar-refractivity contribution in [3.05, 3.63) is 40.9 Å². The zero-order valence-corrected chi connectivity index (χ0v) is 10.7. The van der Waals surface area contributed by atoms with Crippen molar-refractivity contribution in [2.45, 2.75) is 13.5 Å². The van der Waals surface area contributed by atoms with E-state index in [1.807, 2.05) is 30.3 Å². The fourth-order valence-corrected chi connectivity index (χ4v) is 2.49. The summed E-state index contributed by atoms with van der Waals surface area (Å²) < 4.78 is 4.94. The summed E-state index contributed by atoms with van der Waals surface area (Å²) in [6, 6.07) is 9.54. The van der Waals surface area contributed by atoms with Crippen LogP contribution in [0.1, 0.15) is 22.3 Å². The van der Waals surface area contributed by atoms with Gasteiger partial charge in [0.25, 0.3) is 0 Å². The Hall–Kier alpha value is -1.72. The maximum absolute atomic E-state index is 11.7. The molecule has 18 heavy (non-hydrogen) atoms. The minimum atomic E-state index is -0.429. The molecule has 2 aromatic rings. The first-order valence-electron chi connectivity index (χ1n) is 5.59. The van der Waals surface area contributed by atoms with Crippen molar-refractivity contribution in [3.63, 3.8) is 0 Å². The molecule has 1 heterocycles. The molecule has 0 aliphatic heterocycles. The molecule has 2 rings (SSSR count). The predicted molar refractivity (Wildman–Crippen MR) is 69.4 cm³/mol. The van der Waals surface area contributed by atoms with Crippen LogP contribution in [0.15, 0.2) is 30.3 Å². The number of nitrogens with zero attached hydrogens (tertiary/aromatic N) is 1. The number of aromatic nitrogens is 1. The van der Waals surface area contributed by atoms with Crippen molar-refractivity contribution in [1.82, 2.24) is 4.98 Å². The first kappa shape index (κ1) is 12.7. The lowest BCUT2D eigenvalue weighted by molar-refractivity contribution is 0.0528. The third-order valence-corrected chi connectivity index (χ3v) is 3.46. The molecule has 94 valence electrons. The normalized spacial score (nSPS) is 10.3. The number of thiazole rings is 1. The molecule has 0 unspecified atom stereocenters. The van der Waals surface area contributed by atoms with Crippen molar-refractivity contribution < 1.29 is 14.6 Å². The van der Waals surface area contributed by atoms with Gasteiger partial charge in [-0.15, -0.1) is 11.3 Å². The number of carbonyl (C=O) groups excluding carboxylic acids is 1. The van der Waals surface area contributed by atoms with Crippen LogP contribution in [0.3, 0.4) is 0 Å². The molecule has 0 atom stereocenters. The van der Waals surface area contributed by atoms with E-state index in [2.05, 4.69) is 4.98 Å². The SMILES string of the molecule is CCOC(=O)c1sc(-c2ccccc2)nc1CO. The molecule has 4 nitrogen and oxygen atoms in total. The second kappa shape index (κ2) is 5.75. The summed E-state index contributed by atoms with van der Waals surface area (Å²) in [6.45, 7) is 1.79. The van der Waals surface area contributed by atoms with Gasteiger partial charge in [0, 0.05) is 5.56 Å². The molecular weight excluding hydrogens is 250 g/mol. The summed E-state index contributed by atoms with van der Waals surface area (Å²) in [5.41, 5.74) is 1.30. The average molecular weight is 263 g/mol. The van der Waals surface area contributed by atoms with Gasteiger partial charge in [-0.3, -0.25) is 0 Å². The van der Waals surface area contributed by atoms with E-state index < -0.39 is 5.97 Å². The topological polar surface area (TPSA) is 59.4 Å². The highest BCUT2D eigenvalue weighted by Gasteiger charge is 2.19. The summed E-state index contributed by atoms with van der Waals surface area (Å²) in [5.74, 6) is -0.429. The fourth-order valence-electron chi connectivity index (χ4n) is 1.52. The number of carbonyl (C=O) groups is 1. The summed E-state index contributed by atoms with van der Waals surface area (Å²) >= 11 is 1.24. The first-order valence-corrected chi connectivity index (χ1v) is 6.41. The van der Waals surface area contributed by atoms with Gasteiger partial charge in [-0.1, -0.05) is 30.3 Å². The van der Waals surface area contributed by atoms with E-state index in [-0.39, 0.29) is 6.61 Å². The second-order valence-corrected chi connectivity index (χ2v) is 4.54. The van der Waals surface area contributed by atoms with Gasteiger partial charge in [-0.05, 0) is 6.92 Å². The number of hydrogen-bond donors (Lipinski definition) is 1. The summed E-state index contributed by atoms with van der Waals surface area (Å²) in [7, 11) is 0. The smallest absolute Gasteiger partial charge is 0.350 e. The third-order valence-electron chi connectivity index (χ3n) is 2.33. The zero-order chi connectivity index (χ0) is 13.0. The fraction of sp³-hybridized carbons (Fsp3) is 0.231. The molecule has 0 aliphatic rings. The van der Waals surface area contributed by atoms with Crippen LogP contribution < -0.4 is 0 Å². The van der Waals surface area contributed by atoms with Crippen molar-refractivity contribution in [2.75, 3.05) is 6.61 Å². The minimum Gasteiger partial charge on any atom is -0.462 e. The van der Waals surface area contributed by atoms with Gasteiger partial charge in [0.15, 0.2) is 0 Å². The number of hydrogen-bond acceptors (Lipinski definition) is 5. The molecule has 1 aromatic carbocycles. The number of ether oxygens (including phenoxy) is 1. The van der Waals surface area contributed by atoms with E-state index in [9.17, 15) is 9.90 Å². The van der Waals surface area contributed by atoms with Gasteiger partial charge < -0.3 is 9.84 Å². The molecule has 5 heteroatoms. The molecule has 0 spiro atoms. The van der Waals surface area contributed by atoms with Crippen molar-refractivity contribution in [3.8, 4) is 10.6 Å². The van der Waals surface area contributed by atoms with E-state index in [1.54, 1.807) is 6.92 Å². The predicted octanol–water partition coefficient (Wildman–Crippen LogP) is 2.48. The number of aliphatic hydroxyl groups is 1. The van der Waals surface area contributed by atoms with Crippen molar-refractivity contribution >= 4 is 17.3 Å². The first-order chi connectivity index (χ1) is 8.76. The number of benzene rings is 1. The Bertz CT molecular complexity index is 536. The highest BCUT2D eigenvalue weighted by Crippen LogP contribution is 2.28. The van der Waals surface area contributed by atoms with Gasteiger partial charge in [-0.2, -0.15) is 0 Å². The van der Waals surface area contributed by atoms with Crippen molar-refractivity contribution in [2.24, 2.45) is 0 Å². The van der Waals surface area contributed by atoms with E-state index in [4.69, 9.17) is 4.74 Å². The van der Waals surface area contributed by atoms with Gasteiger partial charge in [0.2, 0.25) is 0 Å². The van der Waals surface area contributed by atoms with Gasteiger partial charge in [0.1, 0.15) is 9.88 Å².